The van der Waals surface area contributed by atoms with Gasteiger partial charge in [-0.1, -0.05) is 66.2 Å². The zero-order valence-electron chi connectivity index (χ0n) is 19.6. The fraction of sp³-hybridized carbons (Fsp3) is 0.107. The third-order valence-electron chi connectivity index (χ3n) is 5.67. The molecule has 5 aromatic rings. The Kier molecular flexibility index (Phi) is 6.82. The lowest BCUT2D eigenvalue weighted by Gasteiger charge is -2.07. The van der Waals surface area contributed by atoms with E-state index in [0.717, 1.165) is 28.1 Å². The van der Waals surface area contributed by atoms with Gasteiger partial charge < -0.3 is 10.1 Å². The number of aromatic nitrogens is 4. The number of rotatable bonds is 8. The lowest BCUT2D eigenvalue weighted by molar-refractivity contribution is 0.101. The quantitative estimate of drug-likeness (QED) is 0.283. The summed E-state index contributed by atoms with van der Waals surface area (Å²) in [6.45, 7) is 2.71. The Bertz CT molecular complexity index is 1460. The number of halogens is 1. The first-order valence-corrected chi connectivity index (χ1v) is 11.8. The fourth-order valence-electron chi connectivity index (χ4n) is 3.74. The van der Waals surface area contributed by atoms with Gasteiger partial charge in [0.2, 0.25) is 0 Å². The number of nitrogens with one attached hydrogen (secondary N) is 1. The maximum Gasteiger partial charge on any atom is 0.277 e. The molecule has 0 saturated heterocycles. The van der Waals surface area contributed by atoms with Crippen molar-refractivity contribution in [2.45, 2.75) is 20.2 Å². The highest BCUT2D eigenvalue weighted by Crippen LogP contribution is 2.22. The summed E-state index contributed by atoms with van der Waals surface area (Å²) in [5, 5.41) is 12.3. The predicted molar refractivity (Wildman–Crippen MR) is 140 cm³/mol. The number of aryl methyl sites for hydroxylation is 1. The molecule has 1 amide bonds. The lowest BCUT2D eigenvalue weighted by Crippen LogP contribution is -2.15. The Morgan fingerprint density at radius 3 is 2.39 bits per heavy atom. The lowest BCUT2D eigenvalue weighted by atomic mass is 10.1. The molecule has 0 aliphatic heterocycles. The van der Waals surface area contributed by atoms with Crippen LogP contribution in [0.4, 0.5) is 5.82 Å². The van der Waals surface area contributed by atoms with Crippen molar-refractivity contribution in [3.8, 4) is 16.9 Å². The maximum absolute atomic E-state index is 12.7. The van der Waals surface area contributed by atoms with Crippen molar-refractivity contribution >= 4 is 23.3 Å². The molecule has 8 heteroatoms. The number of hydrogen-bond donors (Lipinski definition) is 1. The van der Waals surface area contributed by atoms with Gasteiger partial charge in [-0.15, -0.1) is 0 Å². The molecule has 0 aliphatic carbocycles. The van der Waals surface area contributed by atoms with Crippen LogP contribution in [0.5, 0.6) is 5.75 Å². The van der Waals surface area contributed by atoms with Crippen molar-refractivity contribution in [2.75, 3.05) is 5.32 Å². The number of benzene rings is 3. The predicted octanol–water partition coefficient (Wildman–Crippen LogP) is 6.05. The van der Waals surface area contributed by atoms with Gasteiger partial charge in [-0.3, -0.25) is 9.48 Å². The molecule has 5 rings (SSSR count). The Morgan fingerprint density at radius 1 is 0.917 bits per heavy atom. The highest BCUT2D eigenvalue weighted by Gasteiger charge is 2.13. The third kappa shape index (κ3) is 5.64. The SMILES string of the molecule is Cc1cc(NC(=O)c2ccn(COc3ccc(-c4ccccc4)cc3)n2)nn1Cc1ccc(Cl)cc1. The second-order valence-corrected chi connectivity index (χ2v) is 8.75. The van der Waals surface area contributed by atoms with Crippen LogP contribution in [0.15, 0.2) is 97.2 Å². The minimum absolute atomic E-state index is 0.187. The molecular weight excluding hydrogens is 474 g/mol. The van der Waals surface area contributed by atoms with E-state index >= 15 is 0 Å². The summed E-state index contributed by atoms with van der Waals surface area (Å²) in [7, 11) is 0. The summed E-state index contributed by atoms with van der Waals surface area (Å²) in [5.41, 5.74) is 4.54. The zero-order valence-corrected chi connectivity index (χ0v) is 20.4. The molecule has 2 heterocycles. The first-order chi connectivity index (χ1) is 17.5. The first-order valence-electron chi connectivity index (χ1n) is 11.5. The van der Waals surface area contributed by atoms with E-state index in [0.29, 0.717) is 17.4 Å². The van der Waals surface area contributed by atoms with Crippen LogP contribution >= 0.6 is 11.6 Å². The molecule has 0 radical (unpaired) electrons. The fourth-order valence-corrected chi connectivity index (χ4v) is 3.87. The Morgan fingerprint density at radius 2 is 1.64 bits per heavy atom. The summed E-state index contributed by atoms with van der Waals surface area (Å²) >= 11 is 5.96. The summed E-state index contributed by atoms with van der Waals surface area (Å²) in [6, 6.07) is 29.1. The van der Waals surface area contributed by atoms with E-state index < -0.39 is 0 Å². The first kappa shape index (κ1) is 23.4. The van der Waals surface area contributed by atoms with E-state index in [2.05, 4.69) is 27.6 Å². The summed E-state index contributed by atoms with van der Waals surface area (Å²) in [6.07, 6.45) is 1.71. The average Bonchev–Trinajstić information content (AvgIpc) is 3.51. The second kappa shape index (κ2) is 10.5. The number of anilines is 1. The van der Waals surface area contributed by atoms with Gasteiger partial charge in [-0.2, -0.15) is 10.2 Å². The van der Waals surface area contributed by atoms with Crippen LogP contribution in [-0.2, 0) is 13.3 Å². The van der Waals surface area contributed by atoms with Gasteiger partial charge in [0.05, 0.1) is 6.54 Å². The van der Waals surface area contributed by atoms with Crippen LogP contribution < -0.4 is 10.1 Å². The molecule has 0 fully saturated rings. The maximum atomic E-state index is 12.7. The van der Waals surface area contributed by atoms with Crippen LogP contribution in [0.1, 0.15) is 21.7 Å². The van der Waals surface area contributed by atoms with E-state index in [-0.39, 0.29) is 18.3 Å². The molecule has 7 nitrogen and oxygen atoms in total. The number of amides is 1. The van der Waals surface area contributed by atoms with Crippen LogP contribution in [-0.4, -0.2) is 25.5 Å². The van der Waals surface area contributed by atoms with Crippen molar-refractivity contribution in [2.24, 2.45) is 0 Å². The highest BCUT2D eigenvalue weighted by atomic mass is 35.5. The number of carbonyl (C=O) groups is 1. The Balaban J connectivity index is 1.16. The van der Waals surface area contributed by atoms with Gasteiger partial charge in [0.25, 0.3) is 5.91 Å². The van der Waals surface area contributed by atoms with Gasteiger partial charge >= 0.3 is 0 Å². The molecule has 0 spiro atoms. The van der Waals surface area contributed by atoms with E-state index in [9.17, 15) is 4.79 Å². The minimum Gasteiger partial charge on any atom is -0.471 e. The number of ether oxygens (including phenoxy) is 1. The van der Waals surface area contributed by atoms with Crippen LogP contribution in [0, 0.1) is 6.92 Å². The topological polar surface area (TPSA) is 74.0 Å². The number of nitrogens with zero attached hydrogens (tertiary/aromatic N) is 4. The zero-order chi connectivity index (χ0) is 24.9. The van der Waals surface area contributed by atoms with E-state index in [1.54, 1.807) is 16.9 Å². The molecule has 1 N–H and O–H groups in total. The molecule has 2 aromatic heterocycles. The molecule has 180 valence electrons. The van der Waals surface area contributed by atoms with Crippen molar-refractivity contribution in [3.63, 3.8) is 0 Å². The third-order valence-corrected chi connectivity index (χ3v) is 5.92. The second-order valence-electron chi connectivity index (χ2n) is 8.31. The molecular formula is C28H24ClN5O2. The molecule has 0 atom stereocenters. The molecule has 3 aromatic carbocycles. The van der Waals surface area contributed by atoms with E-state index in [4.69, 9.17) is 16.3 Å². The summed E-state index contributed by atoms with van der Waals surface area (Å²) in [5.74, 6) is 0.853. The molecule has 0 unspecified atom stereocenters. The smallest absolute Gasteiger partial charge is 0.277 e. The van der Waals surface area contributed by atoms with Crippen molar-refractivity contribution in [1.82, 2.24) is 19.6 Å². The monoisotopic (exact) mass is 497 g/mol. The highest BCUT2D eigenvalue weighted by molar-refractivity contribution is 6.30. The summed E-state index contributed by atoms with van der Waals surface area (Å²) < 4.78 is 9.22. The van der Waals surface area contributed by atoms with Gasteiger partial charge in [0, 0.05) is 23.0 Å². The summed E-state index contributed by atoms with van der Waals surface area (Å²) in [4.78, 5) is 12.7. The molecule has 0 aliphatic rings. The molecule has 0 saturated carbocycles. The van der Waals surface area contributed by atoms with E-state index in [1.165, 1.54) is 0 Å². The Labute approximate surface area is 213 Å². The number of carbonyl (C=O) groups excluding carboxylic acids is 1. The van der Waals surface area contributed by atoms with Gasteiger partial charge in [0.1, 0.15) is 5.75 Å². The molecule has 0 bridgehead atoms. The largest absolute Gasteiger partial charge is 0.471 e. The number of hydrogen-bond acceptors (Lipinski definition) is 4. The van der Waals surface area contributed by atoms with Crippen molar-refractivity contribution in [1.29, 1.82) is 0 Å². The van der Waals surface area contributed by atoms with Gasteiger partial charge in [-0.05, 0) is 53.9 Å². The van der Waals surface area contributed by atoms with Crippen LogP contribution in [0.25, 0.3) is 11.1 Å². The normalized spacial score (nSPS) is 10.8. The molecule has 36 heavy (non-hydrogen) atoms. The average molecular weight is 498 g/mol. The van der Waals surface area contributed by atoms with Gasteiger partial charge in [0.15, 0.2) is 18.2 Å². The van der Waals surface area contributed by atoms with Gasteiger partial charge in [-0.25, -0.2) is 4.68 Å². The minimum atomic E-state index is -0.336. The Hall–Kier alpha value is -4.36. The van der Waals surface area contributed by atoms with Crippen molar-refractivity contribution < 1.29 is 9.53 Å². The van der Waals surface area contributed by atoms with Crippen LogP contribution in [0.2, 0.25) is 5.02 Å². The van der Waals surface area contributed by atoms with E-state index in [1.807, 2.05) is 84.4 Å². The standard InChI is InChI=1S/C28H24ClN5O2/c1-20-17-27(32-34(20)18-21-7-11-24(29)12-8-21)30-28(35)26-15-16-33(31-26)19-36-25-13-9-23(10-14-25)22-5-3-2-4-6-22/h2-17H,18-19H2,1H3,(H,30,32,35). The van der Waals surface area contributed by atoms with Crippen molar-refractivity contribution in [3.05, 3.63) is 119 Å². The van der Waals surface area contributed by atoms with Crippen LogP contribution in [0.3, 0.4) is 0 Å².